The molecular formula is C12H11ClN4O2S. The van der Waals surface area contributed by atoms with Crippen LogP contribution in [0.4, 0.5) is 5.69 Å². The third kappa shape index (κ3) is 2.92. The highest BCUT2D eigenvalue weighted by Crippen LogP contribution is 2.25. The molecule has 0 atom stereocenters. The highest BCUT2D eigenvalue weighted by atomic mass is 35.5. The van der Waals surface area contributed by atoms with Crippen molar-refractivity contribution in [1.29, 1.82) is 5.26 Å². The fourth-order valence-corrected chi connectivity index (χ4v) is 2.77. The second kappa shape index (κ2) is 5.53. The van der Waals surface area contributed by atoms with Crippen molar-refractivity contribution >= 4 is 27.3 Å². The minimum Gasteiger partial charge on any atom is -0.332 e. The van der Waals surface area contributed by atoms with Crippen LogP contribution in [0.1, 0.15) is 18.3 Å². The van der Waals surface area contributed by atoms with Crippen molar-refractivity contribution in [2.45, 2.75) is 18.4 Å². The number of nitriles is 1. The van der Waals surface area contributed by atoms with Gasteiger partial charge >= 0.3 is 0 Å². The van der Waals surface area contributed by atoms with E-state index in [0.717, 1.165) is 0 Å². The van der Waals surface area contributed by atoms with Crippen molar-refractivity contribution in [3.05, 3.63) is 40.8 Å². The minimum absolute atomic E-state index is 0.0484. The van der Waals surface area contributed by atoms with Gasteiger partial charge in [0, 0.05) is 6.42 Å². The quantitative estimate of drug-likeness (QED) is 0.905. The van der Waals surface area contributed by atoms with Crippen LogP contribution < -0.4 is 4.72 Å². The average Bonchev–Trinajstić information content (AvgIpc) is 2.91. The summed E-state index contributed by atoms with van der Waals surface area (Å²) in [6.07, 6.45) is 1.84. The fourth-order valence-electron chi connectivity index (χ4n) is 1.53. The molecular weight excluding hydrogens is 300 g/mol. The summed E-state index contributed by atoms with van der Waals surface area (Å²) in [6, 6.07) is 6.26. The van der Waals surface area contributed by atoms with Gasteiger partial charge in [0.25, 0.3) is 10.0 Å². The first-order valence-electron chi connectivity index (χ1n) is 5.72. The highest BCUT2D eigenvalue weighted by molar-refractivity contribution is 7.92. The van der Waals surface area contributed by atoms with Gasteiger partial charge in [0.2, 0.25) is 0 Å². The van der Waals surface area contributed by atoms with Gasteiger partial charge in [0.1, 0.15) is 5.82 Å². The number of sulfonamides is 1. The van der Waals surface area contributed by atoms with E-state index >= 15 is 0 Å². The molecule has 0 aliphatic heterocycles. The Morgan fingerprint density at radius 1 is 1.50 bits per heavy atom. The monoisotopic (exact) mass is 310 g/mol. The van der Waals surface area contributed by atoms with Crippen LogP contribution in [-0.4, -0.2) is 18.4 Å². The lowest BCUT2D eigenvalue weighted by Crippen LogP contribution is -2.14. The van der Waals surface area contributed by atoms with Crippen molar-refractivity contribution in [3.63, 3.8) is 0 Å². The molecule has 0 bridgehead atoms. The zero-order chi connectivity index (χ0) is 14.8. The van der Waals surface area contributed by atoms with E-state index in [1.807, 2.05) is 13.0 Å². The van der Waals surface area contributed by atoms with E-state index < -0.39 is 10.0 Å². The molecule has 1 aromatic heterocycles. The second-order valence-electron chi connectivity index (χ2n) is 3.96. The maximum Gasteiger partial charge on any atom is 0.279 e. The minimum atomic E-state index is -3.81. The van der Waals surface area contributed by atoms with Crippen LogP contribution in [0.3, 0.4) is 0 Å². The van der Waals surface area contributed by atoms with Crippen LogP contribution >= 0.6 is 11.6 Å². The summed E-state index contributed by atoms with van der Waals surface area (Å²) in [5, 5.41) is 8.98. The highest BCUT2D eigenvalue weighted by Gasteiger charge is 2.18. The number of H-pyrrole nitrogens is 1. The Bertz CT molecular complexity index is 777. The van der Waals surface area contributed by atoms with Crippen molar-refractivity contribution in [1.82, 2.24) is 9.97 Å². The molecule has 0 spiro atoms. The molecule has 0 fully saturated rings. The van der Waals surface area contributed by atoms with Crippen molar-refractivity contribution in [2.75, 3.05) is 4.72 Å². The summed E-state index contributed by atoms with van der Waals surface area (Å²) in [6.45, 7) is 1.86. The lowest BCUT2D eigenvalue weighted by molar-refractivity contribution is 0.598. The van der Waals surface area contributed by atoms with Gasteiger partial charge in [0.15, 0.2) is 5.03 Å². The number of rotatable bonds is 4. The largest absolute Gasteiger partial charge is 0.332 e. The first-order chi connectivity index (χ1) is 9.46. The molecule has 2 aromatic rings. The average molecular weight is 311 g/mol. The maximum absolute atomic E-state index is 12.2. The first kappa shape index (κ1) is 14.4. The molecule has 0 radical (unpaired) electrons. The number of imidazole rings is 1. The molecule has 0 aliphatic carbocycles. The summed E-state index contributed by atoms with van der Waals surface area (Å²) in [4.78, 5) is 6.64. The standard InChI is InChI=1S/C12H11ClN4O2S/c1-2-11-15-7-12(16-11)20(18,19)17-10-5-8(6-14)3-4-9(10)13/h3-5,7,17H,2H2,1H3,(H,15,16). The van der Waals surface area contributed by atoms with Crippen LogP contribution in [0.5, 0.6) is 0 Å². The number of halogens is 1. The molecule has 8 heteroatoms. The lowest BCUT2D eigenvalue weighted by atomic mass is 10.2. The van der Waals surface area contributed by atoms with Gasteiger partial charge in [-0.25, -0.2) is 4.98 Å². The summed E-state index contributed by atoms with van der Waals surface area (Å²) < 4.78 is 26.7. The molecule has 1 heterocycles. The molecule has 1 aromatic carbocycles. The predicted molar refractivity (Wildman–Crippen MR) is 74.9 cm³/mol. The van der Waals surface area contributed by atoms with Crippen molar-refractivity contribution in [2.24, 2.45) is 0 Å². The number of benzene rings is 1. The van der Waals surface area contributed by atoms with Crippen LogP contribution in [-0.2, 0) is 16.4 Å². The SMILES string of the molecule is CCc1ncc(S(=O)(=O)Nc2cc(C#N)ccc2Cl)[nH]1. The van der Waals surface area contributed by atoms with Crippen LogP contribution in [0.15, 0.2) is 29.4 Å². The molecule has 104 valence electrons. The summed E-state index contributed by atoms with van der Waals surface area (Å²) in [5.74, 6) is 0.572. The molecule has 6 nitrogen and oxygen atoms in total. The van der Waals surface area contributed by atoms with Crippen LogP contribution in [0.2, 0.25) is 5.02 Å². The van der Waals surface area contributed by atoms with Gasteiger partial charge in [0.05, 0.1) is 28.5 Å². The van der Waals surface area contributed by atoms with E-state index in [2.05, 4.69) is 14.7 Å². The normalized spacial score (nSPS) is 11.1. The molecule has 0 saturated heterocycles. The molecule has 0 amide bonds. The predicted octanol–water partition coefficient (Wildman–Crippen LogP) is 2.30. The zero-order valence-corrected chi connectivity index (χ0v) is 12.1. The topological polar surface area (TPSA) is 98.6 Å². The van der Waals surface area contributed by atoms with E-state index in [1.165, 1.54) is 24.4 Å². The summed E-state index contributed by atoms with van der Waals surface area (Å²) in [7, 11) is -3.81. The number of hydrogen-bond donors (Lipinski definition) is 2. The van der Waals surface area contributed by atoms with E-state index in [-0.39, 0.29) is 15.7 Å². The molecule has 2 N–H and O–H groups in total. The number of hydrogen-bond acceptors (Lipinski definition) is 4. The smallest absolute Gasteiger partial charge is 0.279 e. The Kier molecular flexibility index (Phi) is 3.97. The number of anilines is 1. The third-order valence-corrected chi connectivity index (χ3v) is 4.17. The lowest BCUT2D eigenvalue weighted by Gasteiger charge is -2.08. The fraction of sp³-hybridized carbons (Fsp3) is 0.167. The maximum atomic E-state index is 12.2. The van der Waals surface area contributed by atoms with Gasteiger partial charge < -0.3 is 4.98 Å². The Balaban J connectivity index is 2.35. The third-order valence-electron chi connectivity index (χ3n) is 2.57. The summed E-state index contributed by atoms with van der Waals surface area (Å²) >= 11 is 5.92. The van der Waals surface area contributed by atoms with Crippen LogP contribution in [0, 0.1) is 11.3 Å². The van der Waals surface area contributed by atoms with Crippen LogP contribution in [0.25, 0.3) is 0 Å². The van der Waals surface area contributed by atoms with E-state index in [9.17, 15) is 8.42 Å². The second-order valence-corrected chi connectivity index (χ2v) is 6.02. The van der Waals surface area contributed by atoms with Gasteiger partial charge in [-0.2, -0.15) is 13.7 Å². The Hall–Kier alpha value is -2.04. The summed E-state index contributed by atoms with van der Waals surface area (Å²) in [5.41, 5.74) is 0.462. The Morgan fingerprint density at radius 2 is 2.25 bits per heavy atom. The Labute approximate surface area is 121 Å². The van der Waals surface area contributed by atoms with E-state index in [4.69, 9.17) is 16.9 Å². The number of aromatic amines is 1. The number of aryl methyl sites for hydroxylation is 1. The number of aromatic nitrogens is 2. The first-order valence-corrected chi connectivity index (χ1v) is 7.58. The molecule has 0 aliphatic rings. The molecule has 0 saturated carbocycles. The van der Waals surface area contributed by atoms with E-state index in [0.29, 0.717) is 17.8 Å². The zero-order valence-electron chi connectivity index (χ0n) is 10.5. The van der Waals surface area contributed by atoms with Gasteiger partial charge in [-0.1, -0.05) is 18.5 Å². The van der Waals surface area contributed by atoms with E-state index in [1.54, 1.807) is 0 Å². The van der Waals surface area contributed by atoms with Gasteiger partial charge in [-0.15, -0.1) is 0 Å². The Morgan fingerprint density at radius 3 is 2.85 bits per heavy atom. The van der Waals surface area contributed by atoms with Gasteiger partial charge in [-0.05, 0) is 18.2 Å². The number of nitrogens with zero attached hydrogens (tertiary/aromatic N) is 2. The molecule has 20 heavy (non-hydrogen) atoms. The van der Waals surface area contributed by atoms with Gasteiger partial charge in [-0.3, -0.25) is 4.72 Å². The number of nitrogens with one attached hydrogen (secondary N) is 2. The van der Waals surface area contributed by atoms with Crippen molar-refractivity contribution < 1.29 is 8.42 Å². The molecule has 2 rings (SSSR count). The van der Waals surface area contributed by atoms with Crippen molar-refractivity contribution in [3.8, 4) is 6.07 Å². The molecule has 0 unspecified atom stereocenters.